The van der Waals surface area contributed by atoms with Gasteiger partial charge >= 0.3 is 0 Å². The third kappa shape index (κ3) is 2.90. The van der Waals surface area contributed by atoms with Crippen molar-refractivity contribution < 1.29 is 5.11 Å². The van der Waals surface area contributed by atoms with Gasteiger partial charge in [-0.05, 0) is 63.3 Å². The molecule has 0 aliphatic heterocycles. The smallest absolute Gasteiger partial charge is 0.0974 e. The summed E-state index contributed by atoms with van der Waals surface area (Å²) in [6.07, 6.45) is 2.78. The van der Waals surface area contributed by atoms with Crippen LogP contribution in [0.25, 0.3) is 0 Å². The van der Waals surface area contributed by atoms with Crippen molar-refractivity contribution in [2.45, 2.75) is 18.9 Å². The van der Waals surface area contributed by atoms with Gasteiger partial charge in [-0.25, -0.2) is 0 Å². The van der Waals surface area contributed by atoms with Crippen LogP contribution in [0, 0.1) is 0 Å². The minimum Gasteiger partial charge on any atom is -0.387 e. The number of thiophene rings is 1. The van der Waals surface area contributed by atoms with E-state index in [0.717, 1.165) is 16.6 Å². The Labute approximate surface area is 107 Å². The molecule has 0 amide bonds. The van der Waals surface area contributed by atoms with Crippen LogP contribution in [0.3, 0.4) is 0 Å². The van der Waals surface area contributed by atoms with Gasteiger partial charge in [-0.15, -0.1) is 0 Å². The number of pyridine rings is 1. The van der Waals surface area contributed by atoms with E-state index in [9.17, 15) is 5.11 Å². The number of hydrogen-bond acceptors (Lipinski definition) is 3. The molecular weight excluding hydrogens is 286 g/mol. The van der Waals surface area contributed by atoms with Crippen LogP contribution in [-0.4, -0.2) is 10.1 Å². The van der Waals surface area contributed by atoms with E-state index in [-0.39, 0.29) is 0 Å². The summed E-state index contributed by atoms with van der Waals surface area (Å²) < 4.78 is 0.868. The monoisotopic (exact) mass is 297 g/mol. The number of aromatic nitrogens is 1. The molecule has 2 aromatic rings. The highest BCUT2D eigenvalue weighted by Crippen LogP contribution is 2.24. The fraction of sp³-hybridized carbons (Fsp3) is 0.250. The average Bonchev–Trinajstić information content (AvgIpc) is 2.79. The number of hydrogen-bond donors (Lipinski definition) is 1. The maximum atomic E-state index is 10.0. The number of rotatable bonds is 4. The lowest BCUT2D eigenvalue weighted by Gasteiger charge is -2.10. The zero-order valence-electron chi connectivity index (χ0n) is 8.64. The molecule has 0 spiro atoms. The van der Waals surface area contributed by atoms with E-state index in [4.69, 9.17) is 0 Å². The van der Waals surface area contributed by atoms with E-state index < -0.39 is 6.10 Å². The summed E-state index contributed by atoms with van der Waals surface area (Å²) in [6, 6.07) is 5.83. The first-order valence-electron chi connectivity index (χ1n) is 5.07. The fourth-order valence-electron chi connectivity index (χ4n) is 1.52. The maximum absolute atomic E-state index is 10.0. The molecule has 1 atom stereocenters. The van der Waals surface area contributed by atoms with Crippen LogP contribution < -0.4 is 0 Å². The van der Waals surface area contributed by atoms with Crippen molar-refractivity contribution in [2.75, 3.05) is 0 Å². The Hall–Kier alpha value is -0.710. The number of nitrogens with zero attached hydrogens (tertiary/aromatic N) is 1. The molecule has 84 valence electrons. The lowest BCUT2D eigenvalue weighted by molar-refractivity contribution is 0.162. The number of halogens is 1. The molecule has 0 saturated heterocycles. The van der Waals surface area contributed by atoms with Crippen LogP contribution in [-0.2, 0) is 6.42 Å². The first kappa shape index (κ1) is 11.8. The van der Waals surface area contributed by atoms with E-state index in [0.29, 0.717) is 6.42 Å². The minimum atomic E-state index is -0.504. The standard InChI is InChI=1S/C12H12BrNOS/c13-10-2-1-6-14-12(10)11(15)4-3-9-5-7-16-8-9/h1-2,5-8,11,15H,3-4H2. The largest absolute Gasteiger partial charge is 0.387 e. The van der Waals surface area contributed by atoms with Gasteiger partial charge < -0.3 is 5.11 Å². The highest BCUT2D eigenvalue weighted by molar-refractivity contribution is 9.10. The van der Waals surface area contributed by atoms with Crippen LogP contribution in [0.4, 0.5) is 0 Å². The summed E-state index contributed by atoms with van der Waals surface area (Å²) in [5.74, 6) is 0. The summed E-state index contributed by atoms with van der Waals surface area (Å²) in [5.41, 5.74) is 1.99. The molecule has 0 radical (unpaired) electrons. The zero-order chi connectivity index (χ0) is 11.4. The van der Waals surface area contributed by atoms with Gasteiger partial charge in [0.05, 0.1) is 11.8 Å². The average molecular weight is 298 g/mol. The summed E-state index contributed by atoms with van der Waals surface area (Å²) >= 11 is 5.08. The zero-order valence-corrected chi connectivity index (χ0v) is 11.0. The fourth-order valence-corrected chi connectivity index (χ4v) is 2.74. The Morgan fingerprint density at radius 2 is 2.31 bits per heavy atom. The van der Waals surface area contributed by atoms with Crippen molar-refractivity contribution in [1.82, 2.24) is 4.98 Å². The Kier molecular flexibility index (Phi) is 4.09. The molecule has 0 fully saturated rings. The summed E-state index contributed by atoms with van der Waals surface area (Å²) in [6.45, 7) is 0. The molecule has 2 nitrogen and oxygen atoms in total. The third-order valence-electron chi connectivity index (χ3n) is 2.39. The van der Waals surface area contributed by atoms with Gasteiger partial charge in [0.15, 0.2) is 0 Å². The second-order valence-electron chi connectivity index (χ2n) is 3.56. The number of aliphatic hydroxyl groups is 1. The van der Waals surface area contributed by atoms with Crippen LogP contribution in [0.1, 0.15) is 23.8 Å². The molecule has 2 heterocycles. The highest BCUT2D eigenvalue weighted by Gasteiger charge is 2.12. The van der Waals surface area contributed by atoms with Gasteiger partial charge in [0.1, 0.15) is 0 Å². The first-order valence-corrected chi connectivity index (χ1v) is 6.80. The lowest BCUT2D eigenvalue weighted by atomic mass is 10.1. The van der Waals surface area contributed by atoms with Gasteiger partial charge in [0.2, 0.25) is 0 Å². The molecule has 0 aliphatic rings. The predicted octanol–water partition coefficient (Wildman–Crippen LogP) is 3.57. The normalized spacial score (nSPS) is 12.6. The van der Waals surface area contributed by atoms with E-state index in [1.165, 1.54) is 5.56 Å². The summed E-state index contributed by atoms with van der Waals surface area (Å²) in [4.78, 5) is 4.18. The number of aryl methyl sites for hydroxylation is 1. The number of aliphatic hydroxyl groups excluding tert-OH is 1. The Balaban J connectivity index is 1.98. The summed E-state index contributed by atoms with van der Waals surface area (Å²) in [5, 5.41) is 14.2. The van der Waals surface area contributed by atoms with E-state index in [1.807, 2.05) is 12.1 Å². The SMILES string of the molecule is OC(CCc1ccsc1)c1ncccc1Br. The molecule has 1 unspecified atom stereocenters. The first-order chi connectivity index (χ1) is 7.77. The van der Waals surface area contributed by atoms with Gasteiger partial charge in [-0.3, -0.25) is 4.98 Å². The van der Waals surface area contributed by atoms with Gasteiger partial charge in [0, 0.05) is 10.7 Å². The topological polar surface area (TPSA) is 33.1 Å². The molecular formula is C12H12BrNOS. The van der Waals surface area contributed by atoms with Crippen LogP contribution in [0.5, 0.6) is 0 Å². The van der Waals surface area contributed by atoms with Gasteiger partial charge in [0.25, 0.3) is 0 Å². The third-order valence-corrected chi connectivity index (χ3v) is 3.79. The van der Waals surface area contributed by atoms with Crippen molar-refractivity contribution in [2.24, 2.45) is 0 Å². The second kappa shape index (κ2) is 5.57. The van der Waals surface area contributed by atoms with Crippen molar-refractivity contribution in [3.8, 4) is 0 Å². The molecule has 2 rings (SSSR count). The second-order valence-corrected chi connectivity index (χ2v) is 5.19. The molecule has 16 heavy (non-hydrogen) atoms. The Morgan fingerprint density at radius 1 is 1.44 bits per heavy atom. The molecule has 0 aromatic carbocycles. The van der Waals surface area contributed by atoms with E-state index in [1.54, 1.807) is 17.5 Å². The predicted molar refractivity (Wildman–Crippen MR) is 69.5 cm³/mol. The Morgan fingerprint density at radius 3 is 3.00 bits per heavy atom. The van der Waals surface area contributed by atoms with Crippen molar-refractivity contribution >= 4 is 27.3 Å². The van der Waals surface area contributed by atoms with Crippen molar-refractivity contribution in [3.05, 3.63) is 50.9 Å². The molecule has 2 aromatic heterocycles. The molecule has 1 N–H and O–H groups in total. The van der Waals surface area contributed by atoms with Gasteiger partial charge in [-0.1, -0.05) is 0 Å². The molecule has 0 aliphatic carbocycles. The molecule has 0 bridgehead atoms. The minimum absolute atomic E-state index is 0.504. The maximum Gasteiger partial charge on any atom is 0.0974 e. The van der Waals surface area contributed by atoms with Crippen LogP contribution in [0.15, 0.2) is 39.6 Å². The van der Waals surface area contributed by atoms with E-state index in [2.05, 4.69) is 37.7 Å². The lowest BCUT2D eigenvalue weighted by Crippen LogP contribution is -2.02. The van der Waals surface area contributed by atoms with Crippen molar-refractivity contribution in [1.29, 1.82) is 0 Å². The summed E-state index contributed by atoms with van der Waals surface area (Å²) in [7, 11) is 0. The molecule has 4 heteroatoms. The molecule has 0 saturated carbocycles. The Bertz CT molecular complexity index is 444. The quantitative estimate of drug-likeness (QED) is 0.936. The van der Waals surface area contributed by atoms with Crippen molar-refractivity contribution in [3.63, 3.8) is 0 Å². The van der Waals surface area contributed by atoms with E-state index >= 15 is 0 Å². The van der Waals surface area contributed by atoms with Crippen LogP contribution in [0.2, 0.25) is 0 Å². The highest BCUT2D eigenvalue weighted by atomic mass is 79.9. The van der Waals surface area contributed by atoms with Gasteiger partial charge in [-0.2, -0.15) is 11.3 Å². The van der Waals surface area contributed by atoms with Crippen LogP contribution >= 0.6 is 27.3 Å².